The Kier molecular flexibility index (Phi) is 6.83. The van der Waals surface area contributed by atoms with Crippen LogP contribution in [0.3, 0.4) is 0 Å². The van der Waals surface area contributed by atoms with E-state index in [4.69, 9.17) is 0 Å². The molecule has 4 rings (SSSR count). The highest BCUT2D eigenvalue weighted by atomic mass is 32.2. The first-order valence-corrected chi connectivity index (χ1v) is 12.4. The maximum Gasteiger partial charge on any atom is 0.272 e. The van der Waals surface area contributed by atoms with E-state index in [0.29, 0.717) is 5.69 Å². The number of carbonyl (C=O) groups excluding carboxylic acids is 1. The average molecular weight is 468 g/mol. The molecule has 0 bridgehead atoms. The Bertz CT molecular complexity index is 1200. The molecule has 0 spiro atoms. The highest BCUT2D eigenvalue weighted by Gasteiger charge is 2.20. The van der Waals surface area contributed by atoms with Crippen LogP contribution >= 0.6 is 0 Å². The largest absolute Gasteiger partial charge is 0.369 e. The smallest absolute Gasteiger partial charge is 0.272 e. The zero-order chi connectivity index (χ0) is 23.4. The van der Waals surface area contributed by atoms with Crippen LogP contribution in [0.15, 0.2) is 71.8 Å². The monoisotopic (exact) mass is 467 g/mol. The summed E-state index contributed by atoms with van der Waals surface area (Å²) in [6.07, 6.45) is 1.42. The molecular weight excluding hydrogens is 438 g/mol. The van der Waals surface area contributed by atoms with E-state index >= 15 is 0 Å². The van der Waals surface area contributed by atoms with E-state index in [1.165, 1.54) is 29.4 Å². The quantitative estimate of drug-likeness (QED) is 0.558. The molecule has 8 nitrogen and oxygen atoms in total. The van der Waals surface area contributed by atoms with Crippen LogP contribution in [0.1, 0.15) is 16.1 Å². The van der Waals surface area contributed by atoms with Gasteiger partial charge in [-0.2, -0.15) is 0 Å². The lowest BCUT2D eigenvalue weighted by molar-refractivity contribution is 0.101. The number of amides is 1. The minimum absolute atomic E-state index is 0.0550. The lowest BCUT2D eigenvalue weighted by Crippen LogP contribution is -2.45. The van der Waals surface area contributed by atoms with Gasteiger partial charge >= 0.3 is 0 Å². The van der Waals surface area contributed by atoms with Crippen LogP contribution in [0.2, 0.25) is 0 Å². The van der Waals surface area contributed by atoms with Crippen molar-refractivity contribution in [2.45, 2.75) is 11.4 Å². The third-order valence-corrected chi connectivity index (χ3v) is 7.28. The van der Waals surface area contributed by atoms with Gasteiger partial charge in [0, 0.05) is 57.3 Å². The van der Waals surface area contributed by atoms with Gasteiger partial charge in [-0.05, 0) is 42.9 Å². The summed E-state index contributed by atoms with van der Waals surface area (Å²) in [7, 11) is -0.623. The summed E-state index contributed by atoms with van der Waals surface area (Å²) in [4.78, 5) is 17.5. The molecule has 1 aliphatic rings. The first-order chi connectivity index (χ1) is 15.9. The van der Waals surface area contributed by atoms with Crippen molar-refractivity contribution in [1.29, 1.82) is 0 Å². The molecule has 1 aliphatic heterocycles. The molecule has 1 amide bonds. The number of aromatic nitrogens is 1. The number of nitrogens with one attached hydrogen (secondary N) is 2. The van der Waals surface area contributed by atoms with E-state index in [2.05, 4.69) is 44.1 Å². The van der Waals surface area contributed by atoms with Crippen LogP contribution in [0.25, 0.3) is 0 Å². The lowest BCUT2D eigenvalue weighted by atomic mass is 10.2. The number of aryl methyl sites for hydroxylation is 1. The van der Waals surface area contributed by atoms with E-state index in [1.807, 2.05) is 30.3 Å². The van der Waals surface area contributed by atoms with E-state index in [0.717, 1.165) is 38.4 Å². The number of hydrogen-bond donors (Lipinski definition) is 2. The molecule has 3 aromatic rings. The topological polar surface area (TPSA) is 86.7 Å². The average Bonchev–Trinajstić information content (AvgIpc) is 3.23. The van der Waals surface area contributed by atoms with Gasteiger partial charge in [0.1, 0.15) is 10.6 Å². The Morgan fingerprint density at radius 3 is 2.27 bits per heavy atom. The van der Waals surface area contributed by atoms with Crippen molar-refractivity contribution >= 4 is 27.3 Å². The van der Waals surface area contributed by atoms with Crippen molar-refractivity contribution < 1.29 is 13.2 Å². The number of nitrogens with zero attached hydrogens (tertiary/aromatic N) is 3. The standard InChI is InChI=1S/C24H29N5O3S/c1-25-33(31,32)22-16-23(27(2)18-22)24(30)26-20-8-10-21(11-9-20)29-14-12-28(13-15-29)17-19-6-4-3-5-7-19/h3-11,16,18,25H,12-15,17H2,1-2H3,(H,26,30). The molecule has 0 radical (unpaired) electrons. The summed E-state index contributed by atoms with van der Waals surface area (Å²) in [6.45, 7) is 4.86. The van der Waals surface area contributed by atoms with Crippen LogP contribution < -0.4 is 14.9 Å². The van der Waals surface area contributed by atoms with Gasteiger partial charge in [0.25, 0.3) is 5.91 Å². The second kappa shape index (κ2) is 9.78. The van der Waals surface area contributed by atoms with Gasteiger partial charge in [0.2, 0.25) is 10.0 Å². The summed E-state index contributed by atoms with van der Waals surface area (Å²) in [6, 6.07) is 19.6. The summed E-state index contributed by atoms with van der Waals surface area (Å²) in [5.41, 5.74) is 3.38. The zero-order valence-corrected chi connectivity index (χ0v) is 19.7. The number of piperazine rings is 1. The summed E-state index contributed by atoms with van der Waals surface area (Å²) in [5, 5.41) is 2.84. The SMILES string of the molecule is CNS(=O)(=O)c1cc(C(=O)Nc2ccc(N3CCN(Cc4ccccc4)CC3)cc2)n(C)c1. The molecule has 174 valence electrons. The summed E-state index contributed by atoms with van der Waals surface area (Å²) >= 11 is 0. The molecular formula is C24H29N5O3S. The maximum atomic E-state index is 12.7. The van der Waals surface area contributed by atoms with Crippen LogP contribution in [0.5, 0.6) is 0 Å². The Labute approximate surface area is 194 Å². The molecule has 0 aliphatic carbocycles. The van der Waals surface area contributed by atoms with E-state index in [9.17, 15) is 13.2 Å². The molecule has 2 aromatic carbocycles. The van der Waals surface area contributed by atoms with Gasteiger partial charge in [0.05, 0.1) is 0 Å². The van der Waals surface area contributed by atoms with Crippen molar-refractivity contribution in [2.24, 2.45) is 7.05 Å². The van der Waals surface area contributed by atoms with Gasteiger partial charge in [-0.3, -0.25) is 9.69 Å². The molecule has 0 saturated carbocycles. The van der Waals surface area contributed by atoms with Crippen molar-refractivity contribution in [3.8, 4) is 0 Å². The minimum Gasteiger partial charge on any atom is -0.369 e. The Balaban J connectivity index is 1.34. The van der Waals surface area contributed by atoms with Crippen LogP contribution in [0.4, 0.5) is 11.4 Å². The highest BCUT2D eigenvalue weighted by Crippen LogP contribution is 2.21. The van der Waals surface area contributed by atoms with E-state index in [-0.39, 0.29) is 16.5 Å². The maximum absolute atomic E-state index is 12.7. The van der Waals surface area contributed by atoms with E-state index in [1.54, 1.807) is 7.05 Å². The fourth-order valence-electron chi connectivity index (χ4n) is 3.98. The first kappa shape index (κ1) is 23.0. The summed E-state index contributed by atoms with van der Waals surface area (Å²) < 4.78 is 27.7. The van der Waals surface area contributed by atoms with Crippen molar-refractivity contribution in [3.05, 3.63) is 78.1 Å². The number of benzene rings is 2. The first-order valence-electron chi connectivity index (χ1n) is 10.9. The Hall–Kier alpha value is -3.14. The minimum atomic E-state index is -3.61. The second-order valence-corrected chi connectivity index (χ2v) is 10.0. The zero-order valence-electron chi connectivity index (χ0n) is 18.9. The van der Waals surface area contributed by atoms with Crippen LogP contribution in [0, 0.1) is 0 Å². The molecule has 1 fully saturated rings. The molecule has 0 atom stereocenters. The third kappa shape index (κ3) is 5.44. The number of rotatable bonds is 7. The lowest BCUT2D eigenvalue weighted by Gasteiger charge is -2.36. The predicted molar refractivity (Wildman–Crippen MR) is 130 cm³/mol. The van der Waals surface area contributed by atoms with Gasteiger partial charge < -0.3 is 14.8 Å². The fraction of sp³-hybridized carbons (Fsp3) is 0.292. The number of carbonyl (C=O) groups is 1. The van der Waals surface area contributed by atoms with Gasteiger partial charge in [-0.15, -0.1) is 0 Å². The number of anilines is 2. The second-order valence-electron chi connectivity index (χ2n) is 8.13. The number of hydrogen-bond acceptors (Lipinski definition) is 5. The fourth-order valence-corrected chi connectivity index (χ4v) is 4.78. The molecule has 33 heavy (non-hydrogen) atoms. The highest BCUT2D eigenvalue weighted by molar-refractivity contribution is 7.89. The molecule has 1 saturated heterocycles. The molecule has 1 aromatic heterocycles. The van der Waals surface area contributed by atoms with Crippen molar-refractivity contribution in [2.75, 3.05) is 43.4 Å². The molecule has 0 unspecified atom stereocenters. The summed E-state index contributed by atoms with van der Waals surface area (Å²) in [5.74, 6) is -0.364. The number of sulfonamides is 1. The van der Waals surface area contributed by atoms with Gasteiger partial charge in [0.15, 0.2) is 0 Å². The predicted octanol–water partition coefficient (Wildman–Crippen LogP) is 2.51. The van der Waals surface area contributed by atoms with E-state index < -0.39 is 10.0 Å². The molecule has 9 heteroatoms. The Morgan fingerprint density at radius 2 is 1.64 bits per heavy atom. The normalized spacial score (nSPS) is 14.9. The van der Waals surface area contributed by atoms with Gasteiger partial charge in [-0.25, -0.2) is 13.1 Å². The third-order valence-electron chi connectivity index (χ3n) is 5.90. The van der Waals surface area contributed by atoms with Crippen molar-refractivity contribution in [3.63, 3.8) is 0 Å². The van der Waals surface area contributed by atoms with Crippen molar-refractivity contribution in [1.82, 2.24) is 14.2 Å². The molecule has 2 heterocycles. The van der Waals surface area contributed by atoms with Crippen LogP contribution in [-0.2, 0) is 23.6 Å². The van der Waals surface area contributed by atoms with Crippen LogP contribution in [-0.4, -0.2) is 57.0 Å². The molecule has 2 N–H and O–H groups in total. The van der Waals surface area contributed by atoms with Gasteiger partial charge in [-0.1, -0.05) is 30.3 Å². The Morgan fingerprint density at radius 1 is 0.970 bits per heavy atom.